The zero-order valence-electron chi connectivity index (χ0n) is 15.7. The maximum absolute atomic E-state index is 12.5. The standard InChI is InChI=1S/C21H25N3O4/c25-19(22-13-12-17-8-5-15-28-17)10-11-20(26)24-14-4-9-18(24)21(27)23-16-6-2-1-3-7-16/h1-3,5-8,15,18H,4,9-14H2,(H,22,25)(H,23,27)/t18-/m0/s1. The van der Waals surface area contributed by atoms with Crippen molar-refractivity contribution in [2.45, 2.75) is 38.1 Å². The summed E-state index contributed by atoms with van der Waals surface area (Å²) in [5.41, 5.74) is 0.711. The number of rotatable bonds is 8. The van der Waals surface area contributed by atoms with Crippen LogP contribution in [0.25, 0.3) is 0 Å². The Balaban J connectivity index is 1.42. The normalized spacial score (nSPS) is 16.0. The fraction of sp³-hybridized carbons (Fsp3) is 0.381. The van der Waals surface area contributed by atoms with Gasteiger partial charge in [0.25, 0.3) is 0 Å². The first kappa shape index (κ1) is 19.7. The van der Waals surface area contributed by atoms with E-state index in [2.05, 4.69) is 10.6 Å². The number of furan rings is 1. The molecule has 2 heterocycles. The van der Waals surface area contributed by atoms with Crippen LogP contribution in [0.4, 0.5) is 5.69 Å². The minimum Gasteiger partial charge on any atom is -0.469 e. The van der Waals surface area contributed by atoms with Crippen LogP contribution in [0, 0.1) is 0 Å². The van der Waals surface area contributed by atoms with Gasteiger partial charge < -0.3 is 20.0 Å². The highest BCUT2D eigenvalue weighted by atomic mass is 16.3. The summed E-state index contributed by atoms with van der Waals surface area (Å²) in [5.74, 6) is 0.289. The first-order valence-electron chi connectivity index (χ1n) is 9.58. The third kappa shape index (κ3) is 5.45. The molecule has 1 aliphatic heterocycles. The number of hydrogen-bond donors (Lipinski definition) is 2. The van der Waals surface area contributed by atoms with Gasteiger partial charge in [0.05, 0.1) is 6.26 Å². The molecule has 0 bridgehead atoms. The van der Waals surface area contributed by atoms with Gasteiger partial charge in [0.1, 0.15) is 11.8 Å². The van der Waals surface area contributed by atoms with Crippen molar-refractivity contribution in [3.8, 4) is 0 Å². The molecule has 3 amide bonds. The summed E-state index contributed by atoms with van der Waals surface area (Å²) in [7, 11) is 0. The summed E-state index contributed by atoms with van der Waals surface area (Å²) in [6, 6.07) is 12.4. The molecule has 148 valence electrons. The molecule has 28 heavy (non-hydrogen) atoms. The van der Waals surface area contributed by atoms with Crippen LogP contribution in [0.5, 0.6) is 0 Å². The highest BCUT2D eigenvalue weighted by Gasteiger charge is 2.33. The number of para-hydroxylation sites is 1. The second-order valence-corrected chi connectivity index (χ2v) is 6.78. The van der Waals surface area contributed by atoms with E-state index in [-0.39, 0.29) is 30.6 Å². The van der Waals surface area contributed by atoms with E-state index in [0.717, 1.165) is 12.2 Å². The Morgan fingerprint density at radius 2 is 1.89 bits per heavy atom. The van der Waals surface area contributed by atoms with Gasteiger partial charge in [-0.25, -0.2) is 0 Å². The van der Waals surface area contributed by atoms with Crippen LogP contribution >= 0.6 is 0 Å². The summed E-state index contributed by atoms with van der Waals surface area (Å²) in [4.78, 5) is 38.6. The lowest BCUT2D eigenvalue weighted by Crippen LogP contribution is -2.43. The number of amides is 3. The summed E-state index contributed by atoms with van der Waals surface area (Å²) < 4.78 is 5.21. The van der Waals surface area contributed by atoms with Gasteiger partial charge in [-0.15, -0.1) is 0 Å². The van der Waals surface area contributed by atoms with Crippen molar-refractivity contribution in [1.29, 1.82) is 0 Å². The molecule has 7 nitrogen and oxygen atoms in total. The molecule has 2 aromatic rings. The highest BCUT2D eigenvalue weighted by molar-refractivity contribution is 5.97. The van der Waals surface area contributed by atoms with Crippen molar-refractivity contribution >= 4 is 23.4 Å². The molecule has 0 radical (unpaired) electrons. The Bertz CT molecular complexity index is 789. The molecular weight excluding hydrogens is 358 g/mol. The Kier molecular flexibility index (Phi) is 6.84. The number of nitrogens with one attached hydrogen (secondary N) is 2. The molecule has 0 spiro atoms. The molecule has 1 saturated heterocycles. The lowest BCUT2D eigenvalue weighted by molar-refractivity contribution is -0.137. The van der Waals surface area contributed by atoms with Gasteiger partial charge in [-0.05, 0) is 37.1 Å². The lowest BCUT2D eigenvalue weighted by Gasteiger charge is -2.24. The van der Waals surface area contributed by atoms with Gasteiger partial charge in [-0.2, -0.15) is 0 Å². The number of carbonyl (C=O) groups is 3. The predicted molar refractivity (Wildman–Crippen MR) is 104 cm³/mol. The monoisotopic (exact) mass is 383 g/mol. The van der Waals surface area contributed by atoms with Gasteiger partial charge in [0, 0.05) is 38.0 Å². The van der Waals surface area contributed by atoms with Crippen LogP contribution in [0.1, 0.15) is 31.4 Å². The first-order chi connectivity index (χ1) is 13.6. The van der Waals surface area contributed by atoms with Crippen LogP contribution in [0.15, 0.2) is 53.1 Å². The molecule has 1 atom stereocenters. The second kappa shape index (κ2) is 9.73. The Labute approximate surface area is 164 Å². The molecule has 7 heteroatoms. The number of likely N-dealkylation sites (tertiary alicyclic amines) is 1. The van der Waals surface area contributed by atoms with Crippen LogP contribution in [-0.2, 0) is 20.8 Å². The molecular formula is C21H25N3O4. The Hall–Kier alpha value is -3.09. The topological polar surface area (TPSA) is 91.7 Å². The summed E-state index contributed by atoms with van der Waals surface area (Å²) in [5, 5.41) is 5.64. The zero-order valence-corrected chi connectivity index (χ0v) is 15.7. The van der Waals surface area contributed by atoms with Crippen molar-refractivity contribution in [3.05, 3.63) is 54.5 Å². The van der Waals surface area contributed by atoms with E-state index in [9.17, 15) is 14.4 Å². The number of hydrogen-bond acceptors (Lipinski definition) is 4. The third-order valence-electron chi connectivity index (χ3n) is 4.76. The van der Waals surface area contributed by atoms with Crippen molar-refractivity contribution < 1.29 is 18.8 Å². The fourth-order valence-corrected chi connectivity index (χ4v) is 3.32. The second-order valence-electron chi connectivity index (χ2n) is 6.78. The smallest absolute Gasteiger partial charge is 0.247 e. The molecule has 0 saturated carbocycles. The fourth-order valence-electron chi connectivity index (χ4n) is 3.32. The molecule has 0 aliphatic carbocycles. The van der Waals surface area contributed by atoms with Crippen LogP contribution in [0.3, 0.4) is 0 Å². The summed E-state index contributed by atoms with van der Waals surface area (Å²) in [6.45, 7) is 1.01. The van der Waals surface area contributed by atoms with Crippen LogP contribution < -0.4 is 10.6 Å². The summed E-state index contributed by atoms with van der Waals surface area (Å²) in [6.07, 6.45) is 3.84. The predicted octanol–water partition coefficient (Wildman–Crippen LogP) is 2.35. The molecule has 3 rings (SSSR count). The van der Waals surface area contributed by atoms with E-state index < -0.39 is 6.04 Å². The number of carbonyl (C=O) groups excluding carboxylic acids is 3. The van der Waals surface area contributed by atoms with Crippen molar-refractivity contribution in [1.82, 2.24) is 10.2 Å². The molecule has 1 aromatic heterocycles. The van der Waals surface area contributed by atoms with E-state index in [4.69, 9.17) is 4.42 Å². The van der Waals surface area contributed by atoms with Crippen molar-refractivity contribution in [2.75, 3.05) is 18.4 Å². The van der Waals surface area contributed by atoms with Gasteiger partial charge in [0.15, 0.2) is 0 Å². The van der Waals surface area contributed by atoms with E-state index in [1.54, 1.807) is 17.2 Å². The molecule has 1 aliphatic rings. The van der Waals surface area contributed by atoms with E-state index in [1.165, 1.54) is 0 Å². The minimum atomic E-state index is -0.477. The minimum absolute atomic E-state index is 0.0989. The van der Waals surface area contributed by atoms with Gasteiger partial charge >= 0.3 is 0 Å². The SMILES string of the molecule is O=C(CCC(=O)N1CCC[C@H]1C(=O)Nc1ccccc1)NCCc1ccco1. The molecule has 1 aromatic carbocycles. The molecule has 0 unspecified atom stereocenters. The van der Waals surface area contributed by atoms with E-state index in [1.807, 2.05) is 36.4 Å². The maximum atomic E-state index is 12.5. The zero-order chi connectivity index (χ0) is 19.8. The molecule has 1 fully saturated rings. The van der Waals surface area contributed by atoms with Gasteiger partial charge in [-0.3, -0.25) is 14.4 Å². The molecule has 2 N–H and O–H groups in total. The quantitative estimate of drug-likeness (QED) is 0.732. The van der Waals surface area contributed by atoms with E-state index in [0.29, 0.717) is 31.6 Å². The van der Waals surface area contributed by atoms with Gasteiger partial charge in [-0.1, -0.05) is 18.2 Å². The lowest BCUT2D eigenvalue weighted by atomic mass is 10.2. The number of nitrogens with zero attached hydrogens (tertiary/aromatic N) is 1. The highest BCUT2D eigenvalue weighted by Crippen LogP contribution is 2.20. The summed E-state index contributed by atoms with van der Waals surface area (Å²) >= 11 is 0. The first-order valence-corrected chi connectivity index (χ1v) is 9.58. The Morgan fingerprint density at radius 3 is 2.64 bits per heavy atom. The third-order valence-corrected chi connectivity index (χ3v) is 4.76. The average Bonchev–Trinajstić information content (AvgIpc) is 3.39. The van der Waals surface area contributed by atoms with Crippen LogP contribution in [-0.4, -0.2) is 41.8 Å². The number of anilines is 1. The van der Waals surface area contributed by atoms with Crippen LogP contribution in [0.2, 0.25) is 0 Å². The average molecular weight is 383 g/mol. The van der Waals surface area contributed by atoms with Crippen molar-refractivity contribution in [2.24, 2.45) is 0 Å². The van der Waals surface area contributed by atoms with Gasteiger partial charge in [0.2, 0.25) is 17.7 Å². The largest absolute Gasteiger partial charge is 0.469 e. The van der Waals surface area contributed by atoms with E-state index >= 15 is 0 Å². The Morgan fingerprint density at radius 1 is 1.07 bits per heavy atom. The van der Waals surface area contributed by atoms with Crippen molar-refractivity contribution in [3.63, 3.8) is 0 Å². The maximum Gasteiger partial charge on any atom is 0.247 e. The number of benzene rings is 1.